The standard InChI is InChI=1S/C23H13N5O7/c29-21-15(9-12(27(32)33)10-16(21)28(34)35)13-7-4-8-14-17(13)20-18(22(30)19(14)25-26-20)23(31)24-11-5-2-1-3-6-11/h1-10,29H,(H,24,31)(H,26,30). The van der Waals surface area contributed by atoms with Gasteiger partial charge < -0.3 is 15.5 Å². The van der Waals surface area contributed by atoms with Crippen molar-refractivity contribution in [1.29, 1.82) is 0 Å². The molecule has 0 spiro atoms. The minimum Gasteiger partial charge on any atom is -0.505 e. The summed E-state index contributed by atoms with van der Waals surface area (Å²) in [6.45, 7) is 0. The van der Waals surface area contributed by atoms with E-state index in [4.69, 9.17) is 0 Å². The molecule has 0 unspecified atom stereocenters. The monoisotopic (exact) mass is 471 g/mol. The van der Waals surface area contributed by atoms with Crippen molar-refractivity contribution in [2.45, 2.75) is 0 Å². The molecule has 3 N–H and O–H groups in total. The summed E-state index contributed by atoms with van der Waals surface area (Å²) in [4.78, 5) is 34.2. The predicted molar refractivity (Wildman–Crippen MR) is 125 cm³/mol. The molecule has 0 atom stereocenters. The smallest absolute Gasteiger partial charge is 0.318 e. The van der Waals surface area contributed by atoms with Gasteiger partial charge >= 0.3 is 5.69 Å². The van der Waals surface area contributed by atoms with Crippen molar-refractivity contribution in [1.82, 2.24) is 10.2 Å². The normalized spacial score (nSPS) is 11.1. The van der Waals surface area contributed by atoms with Crippen molar-refractivity contribution in [3.05, 3.63) is 86.5 Å². The van der Waals surface area contributed by atoms with Gasteiger partial charge in [0.05, 0.1) is 15.9 Å². The van der Waals surface area contributed by atoms with Gasteiger partial charge in [0.25, 0.3) is 11.6 Å². The van der Waals surface area contributed by atoms with Crippen LogP contribution >= 0.6 is 0 Å². The molecule has 0 saturated heterocycles. The maximum absolute atomic E-state index is 13.1. The van der Waals surface area contributed by atoms with E-state index < -0.39 is 38.6 Å². The summed E-state index contributed by atoms with van der Waals surface area (Å²) in [5.74, 6) is -1.89. The number of amides is 1. The number of hydrogen-bond donors (Lipinski definition) is 3. The van der Waals surface area contributed by atoms with E-state index in [2.05, 4.69) is 15.5 Å². The van der Waals surface area contributed by atoms with Crippen LogP contribution in [0, 0.1) is 20.2 Å². The highest BCUT2D eigenvalue weighted by Gasteiger charge is 2.29. The van der Waals surface area contributed by atoms with Crippen molar-refractivity contribution >= 4 is 44.8 Å². The van der Waals surface area contributed by atoms with Gasteiger partial charge in [-0.2, -0.15) is 0 Å². The van der Waals surface area contributed by atoms with Gasteiger partial charge in [0.2, 0.25) is 5.75 Å². The van der Waals surface area contributed by atoms with E-state index >= 15 is 0 Å². The first-order valence-corrected chi connectivity index (χ1v) is 10.0. The average Bonchev–Trinajstić information content (AvgIpc) is 2.84. The summed E-state index contributed by atoms with van der Waals surface area (Å²) in [5.41, 5.74) is -1.34. The van der Waals surface area contributed by atoms with Crippen LogP contribution in [-0.4, -0.2) is 36.2 Å². The molecule has 6 aromatic rings. The Labute approximate surface area is 194 Å². The van der Waals surface area contributed by atoms with Gasteiger partial charge in [-0.05, 0) is 17.7 Å². The molecule has 2 aromatic heterocycles. The molecule has 2 heterocycles. The maximum atomic E-state index is 13.1. The van der Waals surface area contributed by atoms with E-state index in [-0.39, 0.29) is 33.1 Å². The molecule has 4 aromatic carbocycles. The Morgan fingerprint density at radius 1 is 0.829 bits per heavy atom. The number of non-ortho nitro benzene ring substituents is 1. The number of carbonyl (C=O) groups excluding carboxylic acids is 1. The number of aromatic hydroxyl groups is 2. The van der Waals surface area contributed by atoms with E-state index in [0.29, 0.717) is 17.1 Å². The Bertz CT molecular complexity index is 1670. The number of aromatic nitrogens is 2. The van der Waals surface area contributed by atoms with E-state index in [1.54, 1.807) is 36.4 Å². The number of phenols is 2. The number of nitro benzene ring substituents is 2. The quantitative estimate of drug-likeness (QED) is 0.247. The van der Waals surface area contributed by atoms with E-state index in [0.717, 1.165) is 6.07 Å². The fourth-order valence-electron chi connectivity index (χ4n) is 4.00. The van der Waals surface area contributed by atoms with Crippen LogP contribution in [0.1, 0.15) is 10.4 Å². The zero-order valence-corrected chi connectivity index (χ0v) is 17.5. The number of hydrogen-bond acceptors (Lipinski definition) is 9. The largest absolute Gasteiger partial charge is 0.505 e. The molecular formula is C23H13N5O7. The second-order valence-corrected chi connectivity index (χ2v) is 7.54. The van der Waals surface area contributed by atoms with Crippen molar-refractivity contribution in [3.63, 3.8) is 0 Å². The molecule has 12 nitrogen and oxygen atoms in total. The molecule has 2 bridgehead atoms. The summed E-state index contributed by atoms with van der Waals surface area (Å²) in [6.07, 6.45) is 0. The number of benzene rings is 4. The molecule has 12 heteroatoms. The lowest BCUT2D eigenvalue weighted by Gasteiger charge is -2.16. The van der Waals surface area contributed by atoms with Crippen molar-refractivity contribution in [3.8, 4) is 22.6 Å². The molecule has 6 rings (SSSR count). The molecule has 0 aliphatic carbocycles. The lowest BCUT2D eigenvalue weighted by Crippen LogP contribution is -2.15. The van der Waals surface area contributed by atoms with Gasteiger partial charge in [-0.3, -0.25) is 25.0 Å². The average molecular weight is 471 g/mol. The minimum atomic E-state index is -0.931. The predicted octanol–water partition coefficient (Wildman–Crippen LogP) is 4.37. The first kappa shape index (κ1) is 21.5. The molecular weight excluding hydrogens is 458 g/mol. The number of carbonyl (C=O) groups is 1. The van der Waals surface area contributed by atoms with Gasteiger partial charge in [0.1, 0.15) is 16.6 Å². The van der Waals surface area contributed by atoms with Crippen LogP contribution in [0.3, 0.4) is 0 Å². The third-order valence-corrected chi connectivity index (χ3v) is 5.54. The highest BCUT2D eigenvalue weighted by molar-refractivity contribution is 6.25. The van der Waals surface area contributed by atoms with Crippen LogP contribution in [0.2, 0.25) is 0 Å². The van der Waals surface area contributed by atoms with Crippen LogP contribution < -0.4 is 5.32 Å². The Balaban J connectivity index is 1.80. The SMILES string of the molecule is O=C(Nc1ccccc1)c1c(O)c2nnc1c1c(-c3cc([N+](=O)[O-])cc([N+](=O)[O-])c3O)cccc21. The summed E-state index contributed by atoms with van der Waals surface area (Å²) in [7, 11) is 0. The zero-order chi connectivity index (χ0) is 24.9. The van der Waals surface area contributed by atoms with E-state index in [1.165, 1.54) is 12.1 Å². The van der Waals surface area contributed by atoms with Gasteiger partial charge in [-0.15, -0.1) is 10.2 Å². The number of phenolic OH excluding ortho intramolecular Hbond substituents is 2. The van der Waals surface area contributed by atoms with Crippen LogP contribution in [0.15, 0.2) is 60.7 Å². The number of nitro groups is 2. The van der Waals surface area contributed by atoms with Gasteiger partial charge in [-0.1, -0.05) is 36.4 Å². The third-order valence-electron chi connectivity index (χ3n) is 5.54. The Morgan fingerprint density at radius 2 is 1.54 bits per heavy atom. The van der Waals surface area contributed by atoms with Crippen molar-refractivity contribution < 1.29 is 24.9 Å². The number of nitrogens with one attached hydrogen (secondary N) is 1. The van der Waals surface area contributed by atoms with Gasteiger partial charge in [-0.25, -0.2) is 0 Å². The molecule has 1 amide bonds. The second kappa shape index (κ2) is 7.88. The maximum Gasteiger partial charge on any atom is 0.318 e. The number of anilines is 1. The molecule has 35 heavy (non-hydrogen) atoms. The van der Waals surface area contributed by atoms with E-state index in [1.807, 2.05) is 0 Å². The van der Waals surface area contributed by atoms with Crippen LogP contribution in [0.25, 0.3) is 32.9 Å². The number of fused-ring (bicyclic) bond motifs is 2. The highest BCUT2D eigenvalue weighted by atomic mass is 16.6. The zero-order valence-electron chi connectivity index (χ0n) is 17.5. The summed E-state index contributed by atoms with van der Waals surface area (Å²) >= 11 is 0. The number of para-hydroxylation sites is 1. The topological polar surface area (TPSA) is 182 Å². The first-order chi connectivity index (χ1) is 16.8. The van der Waals surface area contributed by atoms with Gasteiger partial charge in [0, 0.05) is 28.1 Å². The molecule has 0 saturated carbocycles. The number of nitrogens with zero attached hydrogens (tertiary/aromatic N) is 4. The third kappa shape index (κ3) is 3.36. The van der Waals surface area contributed by atoms with E-state index in [9.17, 15) is 35.2 Å². The number of rotatable bonds is 5. The Hall–Kier alpha value is -5.39. The molecule has 0 fully saturated rings. The lowest BCUT2D eigenvalue weighted by molar-refractivity contribution is -0.394. The van der Waals surface area contributed by atoms with Crippen LogP contribution in [0.5, 0.6) is 11.5 Å². The molecule has 172 valence electrons. The summed E-state index contributed by atoms with van der Waals surface area (Å²) < 4.78 is 0. The molecule has 0 aliphatic heterocycles. The van der Waals surface area contributed by atoms with Crippen LogP contribution in [0.4, 0.5) is 17.1 Å². The fraction of sp³-hybridized carbons (Fsp3) is 0. The van der Waals surface area contributed by atoms with Crippen molar-refractivity contribution in [2.75, 3.05) is 5.32 Å². The Kier molecular flexibility index (Phi) is 4.83. The molecule has 0 aliphatic rings. The van der Waals surface area contributed by atoms with Crippen molar-refractivity contribution in [2.24, 2.45) is 0 Å². The highest BCUT2D eigenvalue weighted by Crippen LogP contribution is 2.46. The van der Waals surface area contributed by atoms with Crippen LogP contribution in [-0.2, 0) is 0 Å². The first-order valence-electron chi connectivity index (χ1n) is 10.0. The second-order valence-electron chi connectivity index (χ2n) is 7.54. The Morgan fingerprint density at radius 3 is 2.23 bits per heavy atom. The molecule has 0 radical (unpaired) electrons. The van der Waals surface area contributed by atoms with Gasteiger partial charge in [0.15, 0.2) is 5.75 Å². The summed E-state index contributed by atoms with van der Waals surface area (Å²) in [6, 6.07) is 14.7. The fourth-order valence-corrected chi connectivity index (χ4v) is 4.00. The lowest BCUT2D eigenvalue weighted by atomic mass is 9.92. The minimum absolute atomic E-state index is 0.0190. The summed E-state index contributed by atoms with van der Waals surface area (Å²) in [5, 5.41) is 55.5.